The topological polar surface area (TPSA) is 64.0 Å². The number of nitrogens with one attached hydrogen (secondary N) is 1. The summed E-state index contributed by atoms with van der Waals surface area (Å²) in [4.78, 5) is -0.695. The highest BCUT2D eigenvalue weighted by molar-refractivity contribution is 9.10. The molecule has 0 spiro atoms. The van der Waals surface area contributed by atoms with Crippen molar-refractivity contribution < 1.29 is 21.6 Å². The molecule has 0 saturated heterocycles. The molecule has 0 amide bonds. The summed E-state index contributed by atoms with van der Waals surface area (Å²) < 4.78 is 68.2. The van der Waals surface area contributed by atoms with Gasteiger partial charge in [-0.25, -0.2) is 21.6 Å². The summed E-state index contributed by atoms with van der Waals surface area (Å²) in [5.41, 5.74) is 0.750. The van der Waals surface area contributed by atoms with Gasteiger partial charge >= 0.3 is 0 Å². The second-order valence-corrected chi connectivity index (χ2v) is 7.84. The Kier molecular flexibility index (Phi) is 5.05. The average Bonchev–Trinajstić information content (AvgIpc) is 2.88. The van der Waals surface area contributed by atoms with Crippen LogP contribution in [0.25, 0.3) is 0 Å². The molecule has 2 aromatic carbocycles. The van der Waals surface area contributed by atoms with Crippen molar-refractivity contribution in [3.8, 4) is 0 Å². The Morgan fingerprint density at radius 2 is 1.69 bits per heavy atom. The molecule has 0 fully saturated rings. The van der Waals surface area contributed by atoms with E-state index in [9.17, 15) is 21.6 Å². The third-order valence-corrected chi connectivity index (χ3v) is 5.34. The van der Waals surface area contributed by atoms with Crippen molar-refractivity contribution in [3.05, 3.63) is 76.1 Å². The molecule has 1 heterocycles. The Balaban J connectivity index is 1.83. The minimum Gasteiger partial charge on any atom is -0.265 e. The SMILES string of the molecule is O=S(=O)(Nc1nn(Cc2ccc(F)cc2)cc1Br)c1ccc(F)cc1F. The van der Waals surface area contributed by atoms with Gasteiger partial charge in [-0.3, -0.25) is 9.40 Å². The van der Waals surface area contributed by atoms with Gasteiger partial charge in [-0.15, -0.1) is 0 Å². The zero-order chi connectivity index (χ0) is 18.9. The van der Waals surface area contributed by atoms with Gasteiger partial charge in [0.15, 0.2) is 5.82 Å². The first-order valence-electron chi connectivity index (χ1n) is 7.20. The number of hydrogen-bond donors (Lipinski definition) is 1. The van der Waals surface area contributed by atoms with Crippen LogP contribution in [0.1, 0.15) is 5.56 Å². The predicted molar refractivity (Wildman–Crippen MR) is 92.6 cm³/mol. The Morgan fingerprint density at radius 3 is 2.35 bits per heavy atom. The monoisotopic (exact) mass is 445 g/mol. The molecule has 0 aliphatic rings. The number of anilines is 1. The van der Waals surface area contributed by atoms with Crippen LogP contribution >= 0.6 is 15.9 Å². The fourth-order valence-corrected chi connectivity index (χ4v) is 3.82. The van der Waals surface area contributed by atoms with Gasteiger partial charge in [0.1, 0.15) is 22.3 Å². The van der Waals surface area contributed by atoms with Crippen LogP contribution < -0.4 is 4.72 Å². The first kappa shape index (κ1) is 18.5. The molecule has 10 heteroatoms. The minimum atomic E-state index is -4.30. The molecule has 0 unspecified atom stereocenters. The molecule has 0 radical (unpaired) electrons. The number of benzene rings is 2. The van der Waals surface area contributed by atoms with Crippen LogP contribution in [0.2, 0.25) is 0 Å². The van der Waals surface area contributed by atoms with Crippen molar-refractivity contribution in [2.24, 2.45) is 0 Å². The van der Waals surface area contributed by atoms with Gasteiger partial charge in [-0.05, 0) is 45.8 Å². The van der Waals surface area contributed by atoms with Gasteiger partial charge in [0.25, 0.3) is 10.0 Å². The number of sulfonamides is 1. The average molecular weight is 446 g/mol. The quantitative estimate of drug-likeness (QED) is 0.647. The standard InChI is InChI=1S/C16H11BrF3N3O2S/c17-13-9-23(8-10-1-3-11(18)4-2-10)21-16(13)22-26(24,25)15-6-5-12(19)7-14(15)20/h1-7,9H,8H2,(H,21,22). The Labute approximate surface area is 155 Å². The third kappa shape index (κ3) is 4.07. The van der Waals surface area contributed by atoms with E-state index in [4.69, 9.17) is 0 Å². The summed E-state index contributed by atoms with van der Waals surface area (Å²) in [6.07, 6.45) is 1.52. The lowest BCUT2D eigenvalue weighted by Gasteiger charge is -2.07. The molecule has 0 bridgehead atoms. The lowest BCUT2D eigenvalue weighted by atomic mass is 10.2. The van der Waals surface area contributed by atoms with Crippen molar-refractivity contribution in [3.63, 3.8) is 0 Å². The van der Waals surface area contributed by atoms with Gasteiger partial charge in [0, 0.05) is 12.3 Å². The molecule has 1 N–H and O–H groups in total. The van der Waals surface area contributed by atoms with E-state index in [2.05, 4.69) is 25.8 Å². The maximum atomic E-state index is 13.7. The highest BCUT2D eigenvalue weighted by Gasteiger charge is 2.22. The number of rotatable bonds is 5. The van der Waals surface area contributed by atoms with Crippen LogP contribution in [0.3, 0.4) is 0 Å². The molecule has 0 saturated carbocycles. The van der Waals surface area contributed by atoms with Gasteiger partial charge < -0.3 is 0 Å². The van der Waals surface area contributed by atoms with Crippen LogP contribution in [0.4, 0.5) is 19.0 Å². The van der Waals surface area contributed by atoms with Crippen LogP contribution in [0, 0.1) is 17.5 Å². The van der Waals surface area contributed by atoms with E-state index in [1.54, 1.807) is 12.1 Å². The number of nitrogens with zero attached hydrogens (tertiary/aromatic N) is 2. The molecule has 3 aromatic rings. The van der Waals surface area contributed by atoms with E-state index in [1.165, 1.54) is 23.0 Å². The Bertz CT molecular complexity index is 1050. The fourth-order valence-electron chi connectivity index (χ4n) is 2.20. The van der Waals surface area contributed by atoms with Crippen molar-refractivity contribution in [1.29, 1.82) is 0 Å². The van der Waals surface area contributed by atoms with Crippen LogP contribution in [-0.2, 0) is 16.6 Å². The van der Waals surface area contributed by atoms with E-state index in [0.29, 0.717) is 10.5 Å². The number of aromatic nitrogens is 2. The van der Waals surface area contributed by atoms with E-state index in [0.717, 1.165) is 17.7 Å². The maximum absolute atomic E-state index is 13.7. The molecule has 0 aliphatic carbocycles. The summed E-state index contributed by atoms with van der Waals surface area (Å²) in [5.74, 6) is -2.52. The molecule has 3 rings (SSSR count). The molecular weight excluding hydrogens is 435 g/mol. The van der Waals surface area contributed by atoms with E-state index in [1.807, 2.05) is 0 Å². The van der Waals surface area contributed by atoms with E-state index < -0.39 is 26.6 Å². The zero-order valence-electron chi connectivity index (χ0n) is 13.0. The Hall–Kier alpha value is -2.33. The summed E-state index contributed by atoms with van der Waals surface area (Å²) in [6, 6.07) is 7.90. The van der Waals surface area contributed by atoms with Gasteiger partial charge in [0.05, 0.1) is 11.0 Å². The second kappa shape index (κ2) is 7.12. The summed E-state index contributed by atoms with van der Waals surface area (Å²) in [5, 5.41) is 4.07. The molecule has 0 aliphatic heterocycles. The predicted octanol–water partition coefficient (Wildman–Crippen LogP) is 3.91. The van der Waals surface area contributed by atoms with E-state index >= 15 is 0 Å². The lowest BCUT2D eigenvalue weighted by Crippen LogP contribution is -2.15. The van der Waals surface area contributed by atoms with Crippen molar-refractivity contribution >= 4 is 31.8 Å². The molecule has 136 valence electrons. The minimum absolute atomic E-state index is 0.0594. The highest BCUT2D eigenvalue weighted by Crippen LogP contribution is 2.25. The normalized spacial score (nSPS) is 11.5. The molecular formula is C16H11BrF3N3O2S. The number of hydrogen-bond acceptors (Lipinski definition) is 3. The summed E-state index contributed by atoms with van der Waals surface area (Å²) in [6.45, 7) is 0.269. The van der Waals surface area contributed by atoms with Crippen LogP contribution in [0.15, 0.2) is 58.0 Å². The highest BCUT2D eigenvalue weighted by atomic mass is 79.9. The maximum Gasteiger partial charge on any atom is 0.266 e. The van der Waals surface area contributed by atoms with Crippen molar-refractivity contribution in [2.75, 3.05) is 4.72 Å². The first-order chi connectivity index (χ1) is 12.2. The van der Waals surface area contributed by atoms with Crippen molar-refractivity contribution in [2.45, 2.75) is 11.4 Å². The fraction of sp³-hybridized carbons (Fsp3) is 0.0625. The summed E-state index contributed by atoms with van der Waals surface area (Å²) in [7, 11) is -4.30. The van der Waals surface area contributed by atoms with Crippen LogP contribution in [-0.4, -0.2) is 18.2 Å². The van der Waals surface area contributed by atoms with Crippen LogP contribution in [0.5, 0.6) is 0 Å². The molecule has 1 aromatic heterocycles. The van der Waals surface area contributed by atoms with Gasteiger partial charge in [-0.1, -0.05) is 12.1 Å². The third-order valence-electron chi connectivity index (χ3n) is 3.39. The largest absolute Gasteiger partial charge is 0.266 e. The molecule has 5 nitrogen and oxygen atoms in total. The smallest absolute Gasteiger partial charge is 0.265 e. The zero-order valence-corrected chi connectivity index (χ0v) is 15.4. The summed E-state index contributed by atoms with van der Waals surface area (Å²) >= 11 is 3.17. The van der Waals surface area contributed by atoms with Gasteiger partial charge in [0.2, 0.25) is 0 Å². The first-order valence-corrected chi connectivity index (χ1v) is 9.47. The Morgan fingerprint density at radius 1 is 1.04 bits per heavy atom. The van der Waals surface area contributed by atoms with Gasteiger partial charge in [-0.2, -0.15) is 5.10 Å². The molecule has 0 atom stereocenters. The van der Waals surface area contributed by atoms with Crippen molar-refractivity contribution in [1.82, 2.24) is 9.78 Å². The molecule has 26 heavy (non-hydrogen) atoms. The second-order valence-electron chi connectivity index (χ2n) is 5.33. The lowest BCUT2D eigenvalue weighted by molar-refractivity contribution is 0.551. The number of halogens is 4. The van der Waals surface area contributed by atoms with E-state index in [-0.39, 0.29) is 18.2 Å².